The highest BCUT2D eigenvalue weighted by Crippen LogP contribution is 2.18. The summed E-state index contributed by atoms with van der Waals surface area (Å²) in [6.45, 7) is 9.78. The molecule has 0 aliphatic carbocycles. The van der Waals surface area contributed by atoms with Gasteiger partial charge in [-0.15, -0.1) is 12.4 Å². The van der Waals surface area contributed by atoms with Crippen molar-refractivity contribution in [1.29, 1.82) is 0 Å². The van der Waals surface area contributed by atoms with Crippen LogP contribution in [-0.4, -0.2) is 43.0 Å². The summed E-state index contributed by atoms with van der Waals surface area (Å²) in [5, 5.41) is 6.34. The van der Waals surface area contributed by atoms with Gasteiger partial charge in [0, 0.05) is 31.4 Å². The summed E-state index contributed by atoms with van der Waals surface area (Å²) >= 11 is 0. The molecule has 0 bridgehead atoms. The fourth-order valence-corrected chi connectivity index (χ4v) is 2.48. The maximum atomic E-state index is 12.1. The van der Waals surface area contributed by atoms with Crippen LogP contribution >= 0.6 is 12.4 Å². The molecule has 1 fully saturated rings. The standard InChI is InChI=1S/C16H25N3O.ClH/c1-12(2)14-5-4-6-15(9-14)18-16(20)11-19-8-7-17-10-13(19)3;/h4-6,9,12-13,17H,7-8,10-11H2,1-3H3,(H,18,20);1H/t13-;/m1./s1. The molecule has 0 radical (unpaired) electrons. The number of nitrogens with one attached hydrogen (secondary N) is 2. The molecule has 1 aromatic rings. The zero-order valence-electron chi connectivity index (χ0n) is 13.1. The highest BCUT2D eigenvalue weighted by Gasteiger charge is 2.20. The van der Waals surface area contributed by atoms with Crippen molar-refractivity contribution in [2.24, 2.45) is 0 Å². The second-order valence-corrected chi connectivity index (χ2v) is 5.85. The van der Waals surface area contributed by atoms with Gasteiger partial charge in [-0.25, -0.2) is 0 Å². The first-order chi connectivity index (χ1) is 9.56. The average Bonchev–Trinajstić information content (AvgIpc) is 2.41. The Morgan fingerprint density at radius 3 is 2.90 bits per heavy atom. The molecule has 2 rings (SSSR count). The minimum absolute atomic E-state index is 0. The van der Waals surface area contributed by atoms with Gasteiger partial charge in [0.05, 0.1) is 6.54 Å². The number of hydrogen-bond acceptors (Lipinski definition) is 3. The molecule has 0 spiro atoms. The van der Waals surface area contributed by atoms with E-state index in [0.29, 0.717) is 18.5 Å². The van der Waals surface area contributed by atoms with Crippen LogP contribution in [0.1, 0.15) is 32.3 Å². The third-order valence-corrected chi connectivity index (χ3v) is 3.82. The zero-order chi connectivity index (χ0) is 14.5. The molecular weight excluding hydrogens is 286 g/mol. The van der Waals surface area contributed by atoms with E-state index < -0.39 is 0 Å². The number of anilines is 1. The van der Waals surface area contributed by atoms with Crippen molar-refractivity contribution in [2.45, 2.75) is 32.7 Å². The van der Waals surface area contributed by atoms with Crippen molar-refractivity contribution < 1.29 is 4.79 Å². The predicted octanol–water partition coefficient (Wildman–Crippen LogP) is 2.46. The molecule has 1 aliphatic rings. The van der Waals surface area contributed by atoms with Crippen molar-refractivity contribution >= 4 is 24.0 Å². The smallest absolute Gasteiger partial charge is 0.238 e. The number of hydrogen-bond donors (Lipinski definition) is 2. The minimum Gasteiger partial charge on any atom is -0.325 e. The van der Waals surface area contributed by atoms with E-state index in [-0.39, 0.29) is 18.3 Å². The van der Waals surface area contributed by atoms with Gasteiger partial charge in [0.15, 0.2) is 0 Å². The van der Waals surface area contributed by atoms with Crippen LogP contribution in [0.15, 0.2) is 24.3 Å². The van der Waals surface area contributed by atoms with Crippen molar-refractivity contribution in [3.05, 3.63) is 29.8 Å². The first-order valence-corrected chi connectivity index (χ1v) is 7.41. The second kappa shape index (κ2) is 8.37. The van der Waals surface area contributed by atoms with E-state index in [9.17, 15) is 4.79 Å². The summed E-state index contributed by atoms with van der Waals surface area (Å²) in [5.74, 6) is 0.541. The van der Waals surface area contributed by atoms with Crippen LogP contribution < -0.4 is 10.6 Å². The molecule has 0 aromatic heterocycles. The van der Waals surface area contributed by atoms with E-state index in [0.717, 1.165) is 25.3 Å². The van der Waals surface area contributed by atoms with E-state index >= 15 is 0 Å². The lowest BCUT2D eigenvalue weighted by atomic mass is 10.0. The Labute approximate surface area is 133 Å². The number of amides is 1. The Balaban J connectivity index is 0.00000220. The lowest BCUT2D eigenvalue weighted by Gasteiger charge is -2.33. The second-order valence-electron chi connectivity index (χ2n) is 5.85. The number of carbonyl (C=O) groups is 1. The summed E-state index contributed by atoms with van der Waals surface area (Å²) in [4.78, 5) is 14.4. The Kier molecular flexibility index (Phi) is 7.15. The van der Waals surface area contributed by atoms with Crippen molar-refractivity contribution in [2.75, 3.05) is 31.5 Å². The molecule has 1 heterocycles. The van der Waals surface area contributed by atoms with E-state index in [4.69, 9.17) is 0 Å². The van der Waals surface area contributed by atoms with Gasteiger partial charge in [0.2, 0.25) is 5.91 Å². The fraction of sp³-hybridized carbons (Fsp3) is 0.562. The van der Waals surface area contributed by atoms with E-state index in [1.54, 1.807) is 0 Å². The number of rotatable bonds is 4. The SMILES string of the molecule is CC(C)c1cccc(NC(=O)CN2CCNC[C@H]2C)c1.Cl. The van der Waals surface area contributed by atoms with Crippen LogP contribution in [0.3, 0.4) is 0 Å². The minimum atomic E-state index is 0. The Morgan fingerprint density at radius 2 is 2.24 bits per heavy atom. The maximum Gasteiger partial charge on any atom is 0.238 e. The van der Waals surface area contributed by atoms with Crippen LogP contribution in [-0.2, 0) is 4.79 Å². The van der Waals surface area contributed by atoms with Crippen LogP contribution in [0, 0.1) is 0 Å². The molecule has 1 amide bonds. The normalized spacial score (nSPS) is 19.1. The summed E-state index contributed by atoms with van der Waals surface area (Å²) in [5.41, 5.74) is 2.14. The summed E-state index contributed by atoms with van der Waals surface area (Å²) in [7, 11) is 0. The average molecular weight is 312 g/mol. The Morgan fingerprint density at radius 1 is 1.48 bits per heavy atom. The number of piperazine rings is 1. The van der Waals surface area contributed by atoms with Crippen molar-refractivity contribution in [3.8, 4) is 0 Å². The number of nitrogens with zero attached hydrogens (tertiary/aromatic N) is 1. The molecule has 0 saturated carbocycles. The van der Waals surface area contributed by atoms with Gasteiger partial charge < -0.3 is 10.6 Å². The fourth-order valence-electron chi connectivity index (χ4n) is 2.48. The monoisotopic (exact) mass is 311 g/mol. The zero-order valence-corrected chi connectivity index (χ0v) is 13.9. The molecule has 5 heteroatoms. The van der Waals surface area contributed by atoms with Gasteiger partial charge >= 0.3 is 0 Å². The van der Waals surface area contributed by atoms with Crippen LogP contribution in [0.5, 0.6) is 0 Å². The number of benzene rings is 1. The molecule has 4 nitrogen and oxygen atoms in total. The molecule has 1 aliphatic heterocycles. The highest BCUT2D eigenvalue weighted by molar-refractivity contribution is 5.92. The molecule has 21 heavy (non-hydrogen) atoms. The van der Waals surface area contributed by atoms with E-state index in [1.165, 1.54) is 5.56 Å². The Hall–Kier alpha value is -1.10. The number of halogens is 1. The molecule has 2 N–H and O–H groups in total. The van der Waals surface area contributed by atoms with Gasteiger partial charge in [-0.2, -0.15) is 0 Å². The molecule has 1 aromatic carbocycles. The van der Waals surface area contributed by atoms with E-state index in [1.807, 2.05) is 12.1 Å². The first-order valence-electron chi connectivity index (χ1n) is 7.41. The van der Waals surface area contributed by atoms with Gasteiger partial charge in [0.25, 0.3) is 0 Å². The third-order valence-electron chi connectivity index (χ3n) is 3.82. The molecule has 1 atom stereocenters. The Bertz CT molecular complexity index is 465. The summed E-state index contributed by atoms with van der Waals surface area (Å²) < 4.78 is 0. The maximum absolute atomic E-state index is 12.1. The molecule has 1 saturated heterocycles. The summed E-state index contributed by atoms with van der Waals surface area (Å²) in [6.07, 6.45) is 0. The predicted molar refractivity (Wildman–Crippen MR) is 90.3 cm³/mol. The molecule has 118 valence electrons. The van der Waals surface area contributed by atoms with Gasteiger partial charge in [-0.1, -0.05) is 26.0 Å². The highest BCUT2D eigenvalue weighted by atomic mass is 35.5. The van der Waals surface area contributed by atoms with Crippen LogP contribution in [0.4, 0.5) is 5.69 Å². The lowest BCUT2D eigenvalue weighted by molar-refractivity contribution is -0.118. The van der Waals surface area contributed by atoms with Gasteiger partial charge in [-0.05, 0) is 30.5 Å². The van der Waals surface area contributed by atoms with Crippen LogP contribution in [0.25, 0.3) is 0 Å². The van der Waals surface area contributed by atoms with Gasteiger partial charge in [-0.3, -0.25) is 9.69 Å². The number of carbonyl (C=O) groups excluding carboxylic acids is 1. The van der Waals surface area contributed by atoms with E-state index in [2.05, 4.69) is 48.4 Å². The van der Waals surface area contributed by atoms with Crippen molar-refractivity contribution in [3.63, 3.8) is 0 Å². The van der Waals surface area contributed by atoms with Crippen molar-refractivity contribution in [1.82, 2.24) is 10.2 Å². The lowest BCUT2D eigenvalue weighted by Crippen LogP contribution is -2.51. The van der Waals surface area contributed by atoms with Crippen LogP contribution in [0.2, 0.25) is 0 Å². The molecular formula is C16H26ClN3O. The van der Waals surface area contributed by atoms with Gasteiger partial charge in [0.1, 0.15) is 0 Å². The topological polar surface area (TPSA) is 44.4 Å². The first kappa shape index (κ1) is 18.0. The largest absolute Gasteiger partial charge is 0.325 e. The molecule has 0 unspecified atom stereocenters. The third kappa shape index (κ3) is 5.30. The quantitative estimate of drug-likeness (QED) is 0.898. The summed E-state index contributed by atoms with van der Waals surface area (Å²) in [6, 6.07) is 8.52.